The standard InChI is InChI=1S/C9H13O2/c1-3-8(4-2)11-9(10)7-5-6-7/h5,7-8H,3-4H2,1-2H3/q-1. The van der Waals surface area contributed by atoms with Crippen LogP contribution in [0.25, 0.3) is 0 Å². The third kappa shape index (κ3) is 2.37. The summed E-state index contributed by atoms with van der Waals surface area (Å²) in [6.07, 6.45) is 6.41. The minimum atomic E-state index is -0.140. The molecule has 0 heterocycles. The predicted octanol–water partition coefficient (Wildman–Crippen LogP) is 1.71. The van der Waals surface area contributed by atoms with E-state index in [0.29, 0.717) is 0 Å². The Bertz CT molecular complexity index is 162. The fourth-order valence-electron chi connectivity index (χ4n) is 0.877. The van der Waals surface area contributed by atoms with Crippen molar-refractivity contribution >= 4 is 5.97 Å². The zero-order valence-electron chi connectivity index (χ0n) is 6.96. The van der Waals surface area contributed by atoms with Crippen LogP contribution in [0.2, 0.25) is 0 Å². The molecular formula is C9H13O2-. The van der Waals surface area contributed by atoms with Crippen LogP contribution >= 0.6 is 0 Å². The van der Waals surface area contributed by atoms with Gasteiger partial charge in [0.25, 0.3) is 5.97 Å². The Balaban J connectivity index is 2.21. The Labute approximate surface area is 67.2 Å². The van der Waals surface area contributed by atoms with Crippen LogP contribution in [0, 0.1) is 12.0 Å². The van der Waals surface area contributed by atoms with E-state index in [2.05, 4.69) is 6.08 Å². The van der Waals surface area contributed by atoms with Crippen molar-refractivity contribution < 1.29 is 9.53 Å². The summed E-state index contributed by atoms with van der Waals surface area (Å²) in [6.45, 7) is 4.04. The molecular weight excluding hydrogens is 140 g/mol. The molecule has 0 aliphatic heterocycles. The summed E-state index contributed by atoms with van der Waals surface area (Å²) in [7, 11) is 0. The number of ether oxygens (including phenoxy) is 1. The fraction of sp³-hybridized carbons (Fsp3) is 0.667. The van der Waals surface area contributed by atoms with Gasteiger partial charge in [-0.2, -0.15) is 0 Å². The molecule has 2 heteroatoms. The molecule has 0 aromatic rings. The zero-order valence-corrected chi connectivity index (χ0v) is 6.96. The molecule has 1 rings (SSSR count). The van der Waals surface area contributed by atoms with Crippen LogP contribution in [0.15, 0.2) is 6.08 Å². The zero-order chi connectivity index (χ0) is 8.27. The van der Waals surface area contributed by atoms with Gasteiger partial charge in [-0.3, -0.25) is 10.9 Å². The molecule has 0 bridgehead atoms. The van der Waals surface area contributed by atoms with E-state index in [0.717, 1.165) is 12.8 Å². The normalized spacial score (nSPS) is 20.5. The number of hydrogen-bond donors (Lipinski definition) is 0. The van der Waals surface area contributed by atoms with Crippen LogP contribution in [0.1, 0.15) is 26.7 Å². The first kappa shape index (κ1) is 8.31. The lowest BCUT2D eigenvalue weighted by atomic mass is 10.2. The minimum absolute atomic E-state index is 0.0956. The van der Waals surface area contributed by atoms with Gasteiger partial charge in [-0.05, 0) is 12.8 Å². The molecule has 0 spiro atoms. The highest BCUT2D eigenvalue weighted by atomic mass is 16.5. The molecule has 11 heavy (non-hydrogen) atoms. The van der Waals surface area contributed by atoms with E-state index in [4.69, 9.17) is 4.74 Å². The highest BCUT2D eigenvalue weighted by Gasteiger charge is 2.13. The molecule has 1 aliphatic rings. The van der Waals surface area contributed by atoms with Gasteiger partial charge in [0.1, 0.15) is 6.10 Å². The van der Waals surface area contributed by atoms with Crippen molar-refractivity contribution in [3.8, 4) is 0 Å². The highest BCUT2D eigenvalue weighted by Crippen LogP contribution is 2.18. The largest absolute Gasteiger partial charge is 0.487 e. The van der Waals surface area contributed by atoms with Crippen molar-refractivity contribution in [2.24, 2.45) is 5.92 Å². The van der Waals surface area contributed by atoms with Crippen molar-refractivity contribution in [2.45, 2.75) is 32.8 Å². The molecule has 0 radical (unpaired) electrons. The van der Waals surface area contributed by atoms with Gasteiger partial charge in [0.2, 0.25) is 0 Å². The SMILES string of the molecule is CCC(CC)OC(=O)C1[C-]=C1. The number of carbonyl (C=O) groups excluding carboxylic acids is 1. The molecule has 0 aromatic heterocycles. The van der Waals surface area contributed by atoms with Gasteiger partial charge in [0, 0.05) is 0 Å². The summed E-state index contributed by atoms with van der Waals surface area (Å²) >= 11 is 0. The Morgan fingerprint density at radius 2 is 2.18 bits per heavy atom. The van der Waals surface area contributed by atoms with Crippen molar-refractivity contribution in [3.63, 3.8) is 0 Å². The van der Waals surface area contributed by atoms with E-state index in [-0.39, 0.29) is 18.0 Å². The molecule has 1 unspecified atom stereocenters. The first-order valence-corrected chi connectivity index (χ1v) is 4.07. The maximum absolute atomic E-state index is 11.0. The van der Waals surface area contributed by atoms with Gasteiger partial charge in [-0.1, -0.05) is 19.8 Å². The van der Waals surface area contributed by atoms with Crippen LogP contribution in [0.3, 0.4) is 0 Å². The van der Waals surface area contributed by atoms with E-state index in [9.17, 15) is 4.79 Å². The molecule has 0 saturated carbocycles. The van der Waals surface area contributed by atoms with Crippen LogP contribution in [0.5, 0.6) is 0 Å². The van der Waals surface area contributed by atoms with E-state index in [1.165, 1.54) is 0 Å². The van der Waals surface area contributed by atoms with Gasteiger partial charge in [0.05, 0.1) is 0 Å². The van der Waals surface area contributed by atoms with Crippen LogP contribution in [-0.4, -0.2) is 12.1 Å². The maximum atomic E-state index is 11.0. The maximum Gasteiger partial charge on any atom is 0.280 e. The van der Waals surface area contributed by atoms with Crippen LogP contribution in [-0.2, 0) is 9.53 Å². The third-order valence-corrected chi connectivity index (χ3v) is 1.78. The van der Waals surface area contributed by atoms with E-state index in [1.807, 2.05) is 13.8 Å². The van der Waals surface area contributed by atoms with Crippen LogP contribution in [0.4, 0.5) is 0 Å². The van der Waals surface area contributed by atoms with Crippen molar-refractivity contribution in [3.05, 3.63) is 12.2 Å². The second kappa shape index (κ2) is 3.56. The first-order valence-electron chi connectivity index (χ1n) is 4.07. The predicted molar refractivity (Wildman–Crippen MR) is 41.8 cm³/mol. The summed E-state index contributed by atoms with van der Waals surface area (Å²) in [6, 6.07) is 0. The average molecular weight is 153 g/mol. The summed E-state index contributed by atoms with van der Waals surface area (Å²) in [5.41, 5.74) is 0. The summed E-state index contributed by atoms with van der Waals surface area (Å²) in [4.78, 5) is 11.0. The van der Waals surface area contributed by atoms with Gasteiger partial charge >= 0.3 is 0 Å². The molecule has 0 aromatic carbocycles. The molecule has 1 aliphatic carbocycles. The molecule has 2 nitrogen and oxygen atoms in total. The van der Waals surface area contributed by atoms with Crippen molar-refractivity contribution in [1.82, 2.24) is 0 Å². The highest BCUT2D eigenvalue weighted by molar-refractivity contribution is 5.79. The Hall–Kier alpha value is -0.790. The lowest BCUT2D eigenvalue weighted by Crippen LogP contribution is -2.18. The Kier molecular flexibility index (Phi) is 2.69. The number of rotatable bonds is 4. The number of hydrogen-bond acceptors (Lipinski definition) is 2. The smallest absolute Gasteiger partial charge is 0.280 e. The lowest BCUT2D eigenvalue weighted by Gasteiger charge is -2.15. The second-order valence-corrected chi connectivity index (χ2v) is 2.69. The molecule has 0 N–H and O–H groups in total. The van der Waals surface area contributed by atoms with Crippen LogP contribution < -0.4 is 0 Å². The van der Waals surface area contributed by atoms with E-state index >= 15 is 0 Å². The van der Waals surface area contributed by atoms with Gasteiger partial charge in [-0.25, -0.2) is 0 Å². The summed E-state index contributed by atoms with van der Waals surface area (Å²) in [5, 5.41) is 0. The fourth-order valence-corrected chi connectivity index (χ4v) is 0.877. The van der Waals surface area contributed by atoms with Crippen molar-refractivity contribution in [1.29, 1.82) is 0 Å². The molecule has 1 atom stereocenters. The Morgan fingerprint density at radius 1 is 1.64 bits per heavy atom. The van der Waals surface area contributed by atoms with Gasteiger partial charge in [-0.15, -0.1) is 0 Å². The third-order valence-electron chi connectivity index (χ3n) is 1.78. The van der Waals surface area contributed by atoms with E-state index in [1.54, 1.807) is 6.08 Å². The number of carbonyl (C=O) groups is 1. The minimum Gasteiger partial charge on any atom is -0.487 e. The summed E-state index contributed by atoms with van der Waals surface area (Å²) < 4.78 is 5.14. The Morgan fingerprint density at radius 3 is 2.55 bits per heavy atom. The summed E-state index contributed by atoms with van der Waals surface area (Å²) in [5.74, 6) is -0.269. The second-order valence-electron chi connectivity index (χ2n) is 2.69. The number of esters is 1. The topological polar surface area (TPSA) is 26.3 Å². The van der Waals surface area contributed by atoms with Gasteiger partial charge in [0.15, 0.2) is 0 Å². The van der Waals surface area contributed by atoms with Crippen molar-refractivity contribution in [2.75, 3.05) is 0 Å². The monoisotopic (exact) mass is 153 g/mol. The molecule has 0 amide bonds. The van der Waals surface area contributed by atoms with E-state index < -0.39 is 0 Å². The quantitative estimate of drug-likeness (QED) is 0.454. The van der Waals surface area contributed by atoms with Gasteiger partial charge < -0.3 is 10.8 Å². The molecule has 0 fully saturated rings. The first-order chi connectivity index (χ1) is 5.27. The lowest BCUT2D eigenvalue weighted by molar-refractivity contribution is -0.150. The average Bonchev–Trinajstić information content (AvgIpc) is 2.81. The molecule has 62 valence electrons. The molecule has 0 saturated heterocycles.